The number of hydrogen-bond acceptors (Lipinski definition) is 6. The Bertz CT molecular complexity index is 763. The van der Waals surface area contributed by atoms with Crippen molar-refractivity contribution in [2.75, 3.05) is 36.5 Å². The van der Waals surface area contributed by atoms with Gasteiger partial charge in [0.05, 0.1) is 13.2 Å². The second-order valence-corrected chi connectivity index (χ2v) is 5.43. The van der Waals surface area contributed by atoms with E-state index in [4.69, 9.17) is 9.15 Å². The smallest absolute Gasteiger partial charge is 0.295 e. The topological polar surface area (TPSA) is 63.4 Å². The van der Waals surface area contributed by atoms with E-state index in [1.54, 1.807) is 0 Å². The molecule has 23 heavy (non-hydrogen) atoms. The van der Waals surface area contributed by atoms with E-state index >= 15 is 0 Å². The SMILES string of the molecule is c1cnc(N2CCOCC2)c(CNc2nc3ccccc3o2)c1. The van der Waals surface area contributed by atoms with Gasteiger partial charge in [-0.25, -0.2) is 4.98 Å². The normalized spacial score (nSPS) is 15.0. The van der Waals surface area contributed by atoms with Crippen LogP contribution in [0.25, 0.3) is 11.1 Å². The highest BCUT2D eigenvalue weighted by atomic mass is 16.5. The molecule has 0 atom stereocenters. The third-order valence-corrected chi connectivity index (χ3v) is 3.90. The molecule has 0 spiro atoms. The molecule has 0 radical (unpaired) electrons. The monoisotopic (exact) mass is 310 g/mol. The van der Waals surface area contributed by atoms with Crippen LogP contribution in [0.15, 0.2) is 47.0 Å². The number of nitrogens with zero attached hydrogens (tertiary/aromatic N) is 3. The maximum atomic E-state index is 5.70. The third kappa shape index (κ3) is 2.98. The molecule has 3 heterocycles. The highest BCUT2D eigenvalue weighted by molar-refractivity contribution is 5.74. The Labute approximate surface area is 134 Å². The zero-order valence-corrected chi connectivity index (χ0v) is 12.7. The molecule has 6 heteroatoms. The third-order valence-electron chi connectivity index (χ3n) is 3.90. The average molecular weight is 310 g/mol. The highest BCUT2D eigenvalue weighted by Gasteiger charge is 2.16. The molecule has 3 aromatic rings. The van der Waals surface area contributed by atoms with Gasteiger partial charge in [-0.2, -0.15) is 4.98 Å². The van der Waals surface area contributed by atoms with Crippen molar-refractivity contribution in [3.8, 4) is 0 Å². The maximum absolute atomic E-state index is 5.70. The van der Waals surface area contributed by atoms with E-state index in [-0.39, 0.29) is 0 Å². The molecule has 0 unspecified atom stereocenters. The van der Waals surface area contributed by atoms with Crippen LogP contribution < -0.4 is 10.2 Å². The van der Waals surface area contributed by atoms with Gasteiger partial charge in [0.15, 0.2) is 5.58 Å². The van der Waals surface area contributed by atoms with Crippen LogP contribution in [0.3, 0.4) is 0 Å². The number of fused-ring (bicyclic) bond motifs is 1. The van der Waals surface area contributed by atoms with Crippen LogP contribution in [0.1, 0.15) is 5.56 Å². The molecule has 0 amide bonds. The fourth-order valence-electron chi connectivity index (χ4n) is 2.75. The predicted molar refractivity (Wildman–Crippen MR) is 88.6 cm³/mol. The lowest BCUT2D eigenvalue weighted by Gasteiger charge is -2.29. The lowest BCUT2D eigenvalue weighted by Crippen LogP contribution is -2.37. The van der Waals surface area contributed by atoms with Crippen LogP contribution in [0.4, 0.5) is 11.8 Å². The molecule has 1 saturated heterocycles. The zero-order valence-electron chi connectivity index (χ0n) is 12.7. The van der Waals surface area contributed by atoms with Crippen molar-refractivity contribution in [3.63, 3.8) is 0 Å². The molecule has 0 aliphatic carbocycles. The van der Waals surface area contributed by atoms with Crippen LogP contribution in [0.2, 0.25) is 0 Å². The van der Waals surface area contributed by atoms with Crippen molar-refractivity contribution in [1.29, 1.82) is 0 Å². The second-order valence-electron chi connectivity index (χ2n) is 5.43. The quantitative estimate of drug-likeness (QED) is 0.799. The summed E-state index contributed by atoms with van der Waals surface area (Å²) in [5.74, 6) is 0.999. The number of oxazole rings is 1. The summed E-state index contributed by atoms with van der Waals surface area (Å²) < 4.78 is 11.1. The number of ether oxygens (including phenoxy) is 1. The molecule has 1 fully saturated rings. The number of rotatable bonds is 4. The van der Waals surface area contributed by atoms with Gasteiger partial charge in [0.2, 0.25) is 0 Å². The van der Waals surface area contributed by atoms with Gasteiger partial charge in [0.1, 0.15) is 11.3 Å². The minimum atomic E-state index is 0.531. The van der Waals surface area contributed by atoms with Crippen molar-refractivity contribution < 1.29 is 9.15 Å². The molecule has 4 rings (SSSR count). The summed E-state index contributed by atoms with van der Waals surface area (Å²) in [4.78, 5) is 11.2. The molecular weight excluding hydrogens is 292 g/mol. The van der Waals surface area contributed by atoms with E-state index in [0.29, 0.717) is 12.6 Å². The van der Waals surface area contributed by atoms with Crippen molar-refractivity contribution in [3.05, 3.63) is 48.2 Å². The molecule has 2 aromatic heterocycles. The summed E-state index contributed by atoms with van der Waals surface area (Å²) in [7, 11) is 0. The van der Waals surface area contributed by atoms with Crippen molar-refractivity contribution in [2.45, 2.75) is 6.54 Å². The van der Waals surface area contributed by atoms with Gasteiger partial charge >= 0.3 is 0 Å². The number of anilines is 2. The minimum Gasteiger partial charge on any atom is -0.424 e. The highest BCUT2D eigenvalue weighted by Crippen LogP contribution is 2.22. The summed E-state index contributed by atoms with van der Waals surface area (Å²) in [6.07, 6.45) is 1.83. The summed E-state index contributed by atoms with van der Waals surface area (Å²) >= 11 is 0. The lowest BCUT2D eigenvalue weighted by atomic mass is 10.2. The lowest BCUT2D eigenvalue weighted by molar-refractivity contribution is 0.122. The number of hydrogen-bond donors (Lipinski definition) is 1. The number of pyridine rings is 1. The zero-order chi connectivity index (χ0) is 15.5. The van der Waals surface area contributed by atoms with Gasteiger partial charge < -0.3 is 19.4 Å². The minimum absolute atomic E-state index is 0.531. The molecule has 6 nitrogen and oxygen atoms in total. The van der Waals surface area contributed by atoms with Gasteiger partial charge in [-0.1, -0.05) is 18.2 Å². The number of nitrogens with one attached hydrogen (secondary N) is 1. The Balaban J connectivity index is 1.52. The molecule has 118 valence electrons. The summed E-state index contributed by atoms with van der Waals surface area (Å²) in [5, 5.41) is 3.25. The Morgan fingerprint density at radius 1 is 1.09 bits per heavy atom. The van der Waals surface area contributed by atoms with Crippen LogP contribution in [-0.2, 0) is 11.3 Å². The standard InChI is InChI=1S/C17H18N4O2/c1-2-6-15-14(5-1)20-17(23-15)19-12-13-4-3-7-18-16(13)21-8-10-22-11-9-21/h1-7H,8-12H2,(H,19,20). The Kier molecular flexibility index (Phi) is 3.81. The van der Waals surface area contributed by atoms with Gasteiger partial charge in [0.25, 0.3) is 6.01 Å². The molecule has 1 N–H and O–H groups in total. The van der Waals surface area contributed by atoms with Crippen LogP contribution in [0.5, 0.6) is 0 Å². The van der Waals surface area contributed by atoms with Gasteiger partial charge in [-0.3, -0.25) is 0 Å². The fourth-order valence-corrected chi connectivity index (χ4v) is 2.75. The van der Waals surface area contributed by atoms with Crippen LogP contribution in [-0.4, -0.2) is 36.3 Å². The molecule has 1 aliphatic heterocycles. The number of benzene rings is 1. The first-order valence-electron chi connectivity index (χ1n) is 7.76. The molecule has 1 aliphatic rings. The van der Waals surface area contributed by atoms with Crippen molar-refractivity contribution >= 4 is 22.9 Å². The first-order chi connectivity index (χ1) is 11.4. The largest absolute Gasteiger partial charge is 0.424 e. The molecule has 0 bridgehead atoms. The Hall–Kier alpha value is -2.60. The second kappa shape index (κ2) is 6.26. The van der Waals surface area contributed by atoms with E-state index in [2.05, 4.69) is 26.3 Å². The summed E-state index contributed by atoms with van der Waals surface area (Å²) in [6, 6.07) is 12.3. The molecular formula is C17H18N4O2. The first-order valence-corrected chi connectivity index (χ1v) is 7.76. The van der Waals surface area contributed by atoms with E-state index < -0.39 is 0 Å². The van der Waals surface area contributed by atoms with Gasteiger partial charge in [-0.15, -0.1) is 0 Å². The predicted octanol–water partition coefficient (Wildman–Crippen LogP) is 2.67. The van der Waals surface area contributed by atoms with E-state index in [9.17, 15) is 0 Å². The van der Waals surface area contributed by atoms with Crippen molar-refractivity contribution in [1.82, 2.24) is 9.97 Å². The van der Waals surface area contributed by atoms with Gasteiger partial charge in [-0.05, 0) is 18.2 Å². The first kappa shape index (κ1) is 14.0. The number of aromatic nitrogens is 2. The molecule has 0 saturated carbocycles. The van der Waals surface area contributed by atoms with E-state index in [1.165, 1.54) is 0 Å². The summed E-state index contributed by atoms with van der Waals surface area (Å²) in [6.45, 7) is 3.84. The van der Waals surface area contributed by atoms with E-state index in [1.807, 2.05) is 36.5 Å². The van der Waals surface area contributed by atoms with Crippen LogP contribution in [0, 0.1) is 0 Å². The summed E-state index contributed by atoms with van der Waals surface area (Å²) in [5.41, 5.74) is 2.76. The average Bonchev–Trinajstić information content (AvgIpc) is 3.04. The Morgan fingerprint density at radius 3 is 2.83 bits per heavy atom. The number of morpholine rings is 1. The number of para-hydroxylation sites is 2. The maximum Gasteiger partial charge on any atom is 0.295 e. The Morgan fingerprint density at radius 2 is 1.96 bits per heavy atom. The fraction of sp³-hybridized carbons (Fsp3) is 0.294. The van der Waals surface area contributed by atoms with Gasteiger partial charge in [0, 0.05) is 31.4 Å². The molecule has 1 aromatic carbocycles. The van der Waals surface area contributed by atoms with Crippen molar-refractivity contribution in [2.24, 2.45) is 0 Å². The van der Waals surface area contributed by atoms with Crippen LogP contribution >= 0.6 is 0 Å². The van der Waals surface area contributed by atoms with E-state index in [0.717, 1.165) is 48.8 Å².